The van der Waals surface area contributed by atoms with E-state index in [1.165, 1.54) is 0 Å². The number of nitrogens with one attached hydrogen (secondary N) is 1. The summed E-state index contributed by atoms with van der Waals surface area (Å²) in [5, 5.41) is 3.23. The SMILES string of the molecule is CC(Nc1ccccc1SCC(F)(F)F)c1cccnc1. The third kappa shape index (κ3) is 4.97. The molecule has 1 N–H and O–H groups in total. The Labute approximate surface area is 125 Å². The van der Waals surface area contributed by atoms with Crippen molar-refractivity contribution in [3.63, 3.8) is 0 Å². The highest BCUT2D eigenvalue weighted by Crippen LogP contribution is 2.33. The molecule has 0 aliphatic carbocycles. The van der Waals surface area contributed by atoms with E-state index >= 15 is 0 Å². The van der Waals surface area contributed by atoms with Crippen LogP contribution < -0.4 is 5.32 Å². The minimum atomic E-state index is -4.17. The maximum Gasteiger partial charge on any atom is 0.398 e. The summed E-state index contributed by atoms with van der Waals surface area (Å²) in [4.78, 5) is 4.63. The molecular weight excluding hydrogens is 297 g/mol. The zero-order valence-electron chi connectivity index (χ0n) is 11.4. The van der Waals surface area contributed by atoms with E-state index in [2.05, 4.69) is 10.3 Å². The highest BCUT2D eigenvalue weighted by atomic mass is 32.2. The summed E-state index contributed by atoms with van der Waals surface area (Å²) in [7, 11) is 0. The molecule has 112 valence electrons. The van der Waals surface area contributed by atoms with E-state index in [0.717, 1.165) is 17.3 Å². The van der Waals surface area contributed by atoms with Crippen molar-refractivity contribution >= 4 is 17.4 Å². The molecule has 0 saturated carbocycles. The summed E-state index contributed by atoms with van der Waals surface area (Å²) in [5.41, 5.74) is 1.68. The van der Waals surface area contributed by atoms with E-state index in [-0.39, 0.29) is 6.04 Å². The number of hydrogen-bond donors (Lipinski definition) is 1. The third-order valence-electron chi connectivity index (χ3n) is 2.83. The number of benzene rings is 1. The van der Waals surface area contributed by atoms with Crippen molar-refractivity contribution < 1.29 is 13.2 Å². The first-order chi connectivity index (χ1) is 9.96. The third-order valence-corrected chi connectivity index (χ3v) is 3.97. The van der Waals surface area contributed by atoms with Gasteiger partial charge < -0.3 is 5.32 Å². The zero-order valence-corrected chi connectivity index (χ0v) is 12.2. The summed E-state index contributed by atoms with van der Waals surface area (Å²) >= 11 is 0.788. The first-order valence-corrected chi connectivity index (χ1v) is 7.39. The number of para-hydroxylation sites is 1. The Morgan fingerprint density at radius 2 is 1.95 bits per heavy atom. The summed E-state index contributed by atoms with van der Waals surface area (Å²) in [6.45, 7) is 1.95. The lowest BCUT2D eigenvalue weighted by atomic mass is 10.1. The highest BCUT2D eigenvalue weighted by Gasteiger charge is 2.27. The van der Waals surface area contributed by atoms with Crippen LogP contribution in [-0.4, -0.2) is 16.9 Å². The average Bonchev–Trinajstić information content (AvgIpc) is 2.46. The lowest BCUT2D eigenvalue weighted by Crippen LogP contribution is -2.11. The predicted molar refractivity (Wildman–Crippen MR) is 79.5 cm³/mol. The molecule has 1 aromatic heterocycles. The van der Waals surface area contributed by atoms with Crippen LogP contribution in [0.2, 0.25) is 0 Å². The Hall–Kier alpha value is -1.69. The average molecular weight is 312 g/mol. The molecule has 2 nitrogen and oxygen atoms in total. The molecule has 21 heavy (non-hydrogen) atoms. The van der Waals surface area contributed by atoms with Crippen LogP contribution in [0.5, 0.6) is 0 Å². The Morgan fingerprint density at radius 3 is 2.62 bits per heavy atom. The van der Waals surface area contributed by atoms with Gasteiger partial charge in [-0.15, -0.1) is 11.8 Å². The van der Waals surface area contributed by atoms with Gasteiger partial charge in [-0.3, -0.25) is 4.98 Å². The molecule has 0 saturated heterocycles. The molecule has 1 heterocycles. The predicted octanol–water partition coefficient (Wildman–Crippen LogP) is 4.91. The molecule has 6 heteroatoms. The lowest BCUT2D eigenvalue weighted by Gasteiger charge is -2.18. The Balaban J connectivity index is 2.09. The van der Waals surface area contributed by atoms with Crippen LogP contribution in [-0.2, 0) is 0 Å². The van der Waals surface area contributed by atoms with Gasteiger partial charge in [0.2, 0.25) is 0 Å². The number of hydrogen-bond acceptors (Lipinski definition) is 3. The fourth-order valence-electron chi connectivity index (χ4n) is 1.82. The van der Waals surface area contributed by atoms with Gasteiger partial charge in [0.05, 0.1) is 11.8 Å². The molecular formula is C15H15F3N2S. The topological polar surface area (TPSA) is 24.9 Å². The van der Waals surface area contributed by atoms with Gasteiger partial charge in [0.25, 0.3) is 0 Å². The summed E-state index contributed by atoms with van der Waals surface area (Å²) in [5.74, 6) is -0.896. The number of nitrogens with zero attached hydrogens (tertiary/aromatic N) is 1. The lowest BCUT2D eigenvalue weighted by molar-refractivity contribution is -0.105. The van der Waals surface area contributed by atoms with E-state index in [1.807, 2.05) is 19.1 Å². The van der Waals surface area contributed by atoms with Gasteiger partial charge in [0.1, 0.15) is 0 Å². The fourth-order valence-corrected chi connectivity index (χ4v) is 2.60. The van der Waals surface area contributed by atoms with E-state index in [0.29, 0.717) is 10.6 Å². The molecule has 2 aromatic rings. The number of alkyl halides is 3. The minimum Gasteiger partial charge on any atom is -0.378 e. The molecule has 0 radical (unpaired) electrons. The quantitative estimate of drug-likeness (QED) is 0.794. The molecule has 0 aliphatic rings. The number of anilines is 1. The normalized spacial score (nSPS) is 13.0. The molecule has 0 spiro atoms. The van der Waals surface area contributed by atoms with Gasteiger partial charge in [-0.05, 0) is 30.7 Å². The van der Waals surface area contributed by atoms with E-state index in [9.17, 15) is 13.2 Å². The number of rotatable bonds is 5. The molecule has 1 atom stereocenters. The molecule has 1 unspecified atom stereocenters. The Bertz CT molecular complexity index is 573. The minimum absolute atomic E-state index is 0.0358. The van der Waals surface area contributed by atoms with Crippen molar-refractivity contribution in [1.29, 1.82) is 0 Å². The maximum atomic E-state index is 12.4. The number of aromatic nitrogens is 1. The van der Waals surface area contributed by atoms with Crippen molar-refractivity contribution in [2.75, 3.05) is 11.1 Å². The maximum absolute atomic E-state index is 12.4. The van der Waals surface area contributed by atoms with E-state index < -0.39 is 11.9 Å². The van der Waals surface area contributed by atoms with Gasteiger partial charge in [0, 0.05) is 23.0 Å². The standard InChI is InChI=1S/C15H15F3N2S/c1-11(12-5-4-8-19-9-12)20-13-6-2-3-7-14(13)21-10-15(16,17)18/h2-9,11,20H,10H2,1H3. The summed E-state index contributed by atoms with van der Waals surface area (Å²) in [6, 6.07) is 10.7. The van der Waals surface area contributed by atoms with Crippen LogP contribution in [0.1, 0.15) is 18.5 Å². The second kappa shape index (κ2) is 6.85. The Morgan fingerprint density at radius 1 is 1.19 bits per heavy atom. The zero-order chi connectivity index (χ0) is 15.3. The molecule has 2 rings (SSSR count). The van der Waals surface area contributed by atoms with Crippen molar-refractivity contribution in [2.24, 2.45) is 0 Å². The van der Waals surface area contributed by atoms with Crippen LogP contribution in [0.4, 0.5) is 18.9 Å². The molecule has 0 amide bonds. The number of halogens is 3. The van der Waals surface area contributed by atoms with Crippen LogP contribution in [0.25, 0.3) is 0 Å². The van der Waals surface area contributed by atoms with Crippen molar-refractivity contribution in [1.82, 2.24) is 4.98 Å². The first-order valence-electron chi connectivity index (χ1n) is 6.41. The van der Waals surface area contributed by atoms with Gasteiger partial charge in [-0.1, -0.05) is 18.2 Å². The van der Waals surface area contributed by atoms with Crippen molar-refractivity contribution in [3.8, 4) is 0 Å². The van der Waals surface area contributed by atoms with Gasteiger partial charge in [-0.2, -0.15) is 13.2 Å². The smallest absolute Gasteiger partial charge is 0.378 e. The molecule has 0 aliphatic heterocycles. The van der Waals surface area contributed by atoms with Crippen LogP contribution in [0.15, 0.2) is 53.7 Å². The second-order valence-electron chi connectivity index (χ2n) is 4.55. The fraction of sp³-hybridized carbons (Fsp3) is 0.267. The van der Waals surface area contributed by atoms with Crippen LogP contribution >= 0.6 is 11.8 Å². The molecule has 1 aromatic carbocycles. The van der Waals surface area contributed by atoms with Crippen LogP contribution in [0, 0.1) is 0 Å². The second-order valence-corrected chi connectivity index (χ2v) is 5.57. The van der Waals surface area contributed by atoms with Gasteiger partial charge >= 0.3 is 6.18 Å². The highest BCUT2D eigenvalue weighted by molar-refractivity contribution is 7.99. The van der Waals surface area contributed by atoms with Crippen LogP contribution in [0.3, 0.4) is 0 Å². The van der Waals surface area contributed by atoms with E-state index in [4.69, 9.17) is 0 Å². The van der Waals surface area contributed by atoms with E-state index in [1.54, 1.807) is 36.7 Å². The monoisotopic (exact) mass is 312 g/mol. The van der Waals surface area contributed by atoms with Crippen molar-refractivity contribution in [3.05, 3.63) is 54.4 Å². The van der Waals surface area contributed by atoms with Gasteiger partial charge in [0.15, 0.2) is 0 Å². The Kier molecular flexibility index (Phi) is 5.12. The summed E-state index contributed by atoms with van der Waals surface area (Å²) < 4.78 is 37.1. The van der Waals surface area contributed by atoms with Crippen molar-refractivity contribution in [2.45, 2.75) is 24.0 Å². The number of thioether (sulfide) groups is 1. The molecule has 0 bridgehead atoms. The number of pyridine rings is 1. The van der Waals surface area contributed by atoms with Gasteiger partial charge in [-0.25, -0.2) is 0 Å². The summed E-state index contributed by atoms with van der Waals surface area (Å²) in [6.07, 6.45) is -0.751. The first kappa shape index (κ1) is 15.7. The largest absolute Gasteiger partial charge is 0.398 e. The molecule has 0 fully saturated rings.